The lowest BCUT2D eigenvalue weighted by molar-refractivity contribution is 0.329. The summed E-state index contributed by atoms with van der Waals surface area (Å²) in [6.45, 7) is 7.26. The maximum atomic E-state index is 12.2. The number of aromatic nitrogens is 2. The predicted octanol–water partition coefficient (Wildman–Crippen LogP) is 2.92. The number of hydrogen-bond acceptors (Lipinski definition) is 6. The summed E-state index contributed by atoms with van der Waals surface area (Å²) in [6.07, 6.45) is 3.87. The van der Waals surface area contributed by atoms with E-state index < -0.39 is 10.0 Å². The summed E-state index contributed by atoms with van der Waals surface area (Å²) in [4.78, 5) is 11.0. The molecule has 1 saturated heterocycles. The first kappa shape index (κ1) is 17.6. The van der Waals surface area contributed by atoms with Crippen LogP contribution in [0.1, 0.15) is 36.6 Å². The molecule has 1 fully saturated rings. The minimum absolute atomic E-state index is 0.241. The zero-order valence-corrected chi connectivity index (χ0v) is 16.0. The van der Waals surface area contributed by atoms with E-state index in [1.807, 2.05) is 6.92 Å². The fraction of sp³-hybridized carbons (Fsp3) is 0.625. The van der Waals surface area contributed by atoms with Crippen molar-refractivity contribution in [2.45, 2.75) is 46.1 Å². The van der Waals surface area contributed by atoms with Crippen LogP contribution in [-0.2, 0) is 10.0 Å². The molecule has 3 rings (SSSR count). The Kier molecular flexibility index (Phi) is 5.08. The highest BCUT2D eigenvalue weighted by Crippen LogP contribution is 2.33. The normalized spacial score (nSPS) is 17.5. The van der Waals surface area contributed by atoms with Gasteiger partial charge in [-0.15, -0.1) is 11.3 Å². The second kappa shape index (κ2) is 6.93. The molecular formula is C16H24N4O2S2. The molecule has 2 aromatic rings. The van der Waals surface area contributed by atoms with E-state index in [2.05, 4.69) is 29.1 Å². The molecule has 3 heterocycles. The van der Waals surface area contributed by atoms with E-state index in [1.165, 1.54) is 10.4 Å². The molecule has 24 heavy (non-hydrogen) atoms. The third-order valence-electron chi connectivity index (χ3n) is 4.62. The number of rotatable bonds is 5. The molecule has 1 aliphatic heterocycles. The van der Waals surface area contributed by atoms with Crippen LogP contribution in [0.4, 0.5) is 5.82 Å². The number of fused-ring (bicyclic) bond motifs is 1. The van der Waals surface area contributed by atoms with Crippen LogP contribution >= 0.6 is 11.3 Å². The monoisotopic (exact) mass is 368 g/mol. The molecular weight excluding hydrogens is 344 g/mol. The molecule has 0 atom stereocenters. The number of sulfonamides is 1. The highest BCUT2D eigenvalue weighted by molar-refractivity contribution is 7.89. The highest BCUT2D eigenvalue weighted by atomic mass is 32.2. The Labute approximate surface area is 147 Å². The molecule has 0 aromatic carbocycles. The van der Waals surface area contributed by atoms with Crippen LogP contribution in [0.15, 0.2) is 6.33 Å². The van der Waals surface area contributed by atoms with E-state index in [1.54, 1.807) is 22.0 Å². The number of piperidine rings is 1. The second-order valence-corrected chi connectivity index (χ2v) is 9.61. The van der Waals surface area contributed by atoms with Crippen molar-refractivity contribution in [3.8, 4) is 0 Å². The summed E-state index contributed by atoms with van der Waals surface area (Å²) >= 11 is 1.69. The molecule has 1 aliphatic rings. The maximum absolute atomic E-state index is 12.2. The number of nitrogens with one attached hydrogen (secondary N) is 1. The minimum Gasteiger partial charge on any atom is -0.367 e. The Morgan fingerprint density at radius 1 is 1.29 bits per heavy atom. The quantitative estimate of drug-likeness (QED) is 0.878. The van der Waals surface area contributed by atoms with Gasteiger partial charge in [-0.05, 0) is 38.7 Å². The van der Waals surface area contributed by atoms with Gasteiger partial charge in [0, 0.05) is 24.0 Å². The van der Waals surface area contributed by atoms with Crippen molar-refractivity contribution in [3.63, 3.8) is 0 Å². The predicted molar refractivity (Wildman–Crippen MR) is 99.2 cm³/mol. The van der Waals surface area contributed by atoms with Crippen LogP contribution in [-0.4, -0.2) is 47.6 Å². The minimum atomic E-state index is -3.09. The van der Waals surface area contributed by atoms with Crippen molar-refractivity contribution in [3.05, 3.63) is 16.8 Å². The van der Waals surface area contributed by atoms with E-state index in [9.17, 15) is 8.42 Å². The Hall–Kier alpha value is -1.25. The van der Waals surface area contributed by atoms with Crippen LogP contribution in [0.25, 0.3) is 10.2 Å². The molecule has 0 bridgehead atoms. The van der Waals surface area contributed by atoms with Crippen molar-refractivity contribution in [2.24, 2.45) is 0 Å². The fourth-order valence-electron chi connectivity index (χ4n) is 3.15. The lowest BCUT2D eigenvalue weighted by Gasteiger charge is -2.32. The van der Waals surface area contributed by atoms with Gasteiger partial charge < -0.3 is 5.32 Å². The summed E-state index contributed by atoms with van der Waals surface area (Å²) in [6, 6.07) is 0.246. The van der Waals surface area contributed by atoms with Crippen molar-refractivity contribution in [2.75, 3.05) is 24.2 Å². The van der Waals surface area contributed by atoms with Crippen LogP contribution < -0.4 is 5.32 Å². The maximum Gasteiger partial charge on any atom is 0.214 e. The van der Waals surface area contributed by atoms with E-state index in [-0.39, 0.29) is 11.8 Å². The largest absolute Gasteiger partial charge is 0.367 e. The van der Waals surface area contributed by atoms with Gasteiger partial charge in [-0.3, -0.25) is 0 Å². The SMILES string of the molecule is CCCS(=O)(=O)N1CCC(Nc2ncnc3sc(C)c(C)c23)CC1. The third kappa shape index (κ3) is 3.41. The van der Waals surface area contributed by atoms with Crippen molar-refractivity contribution in [1.29, 1.82) is 0 Å². The first-order chi connectivity index (χ1) is 11.4. The van der Waals surface area contributed by atoms with E-state index in [4.69, 9.17) is 0 Å². The van der Waals surface area contributed by atoms with Crippen molar-refractivity contribution >= 4 is 37.4 Å². The van der Waals surface area contributed by atoms with Crippen LogP contribution in [0.2, 0.25) is 0 Å². The van der Waals surface area contributed by atoms with Gasteiger partial charge in [0.25, 0.3) is 0 Å². The number of nitrogens with zero attached hydrogens (tertiary/aromatic N) is 3. The van der Waals surface area contributed by atoms with E-state index in [0.717, 1.165) is 28.9 Å². The van der Waals surface area contributed by atoms with E-state index >= 15 is 0 Å². The Bertz CT molecular complexity index is 824. The van der Waals surface area contributed by atoms with Crippen LogP contribution in [0.5, 0.6) is 0 Å². The molecule has 0 aliphatic carbocycles. The third-order valence-corrected chi connectivity index (χ3v) is 7.81. The van der Waals surface area contributed by atoms with Crippen LogP contribution in [0.3, 0.4) is 0 Å². The molecule has 6 nitrogen and oxygen atoms in total. The zero-order chi connectivity index (χ0) is 17.3. The summed E-state index contributed by atoms with van der Waals surface area (Å²) in [5.74, 6) is 1.11. The first-order valence-electron chi connectivity index (χ1n) is 8.37. The average molecular weight is 369 g/mol. The van der Waals surface area contributed by atoms with Gasteiger partial charge in [0.15, 0.2) is 0 Å². The summed E-state index contributed by atoms with van der Waals surface area (Å²) in [7, 11) is -3.09. The molecule has 0 amide bonds. The Balaban J connectivity index is 1.71. The topological polar surface area (TPSA) is 75.2 Å². The van der Waals surface area contributed by atoms with Crippen LogP contribution in [0, 0.1) is 13.8 Å². The summed E-state index contributed by atoms with van der Waals surface area (Å²) in [5.41, 5.74) is 1.22. The van der Waals surface area contributed by atoms with E-state index in [0.29, 0.717) is 19.5 Å². The molecule has 8 heteroatoms. The molecule has 132 valence electrons. The van der Waals surface area contributed by atoms with Crippen molar-refractivity contribution < 1.29 is 8.42 Å². The standard InChI is InChI=1S/C16H24N4O2S2/c1-4-9-24(21,22)20-7-5-13(6-8-20)19-15-14-11(2)12(3)23-16(14)18-10-17-15/h10,13H,4-9H2,1-3H3,(H,17,18,19). The highest BCUT2D eigenvalue weighted by Gasteiger charge is 2.27. The average Bonchev–Trinajstić information content (AvgIpc) is 2.83. The van der Waals surface area contributed by atoms with Gasteiger partial charge in [-0.1, -0.05) is 6.92 Å². The smallest absolute Gasteiger partial charge is 0.214 e. The van der Waals surface area contributed by atoms with Gasteiger partial charge in [0.2, 0.25) is 10.0 Å². The molecule has 0 saturated carbocycles. The van der Waals surface area contributed by atoms with Crippen molar-refractivity contribution in [1.82, 2.24) is 14.3 Å². The number of hydrogen-bond donors (Lipinski definition) is 1. The summed E-state index contributed by atoms with van der Waals surface area (Å²) < 4.78 is 25.9. The van der Waals surface area contributed by atoms with Gasteiger partial charge in [0.05, 0.1) is 11.1 Å². The Morgan fingerprint density at radius 2 is 2.00 bits per heavy atom. The molecule has 0 unspecified atom stereocenters. The zero-order valence-electron chi connectivity index (χ0n) is 14.4. The first-order valence-corrected chi connectivity index (χ1v) is 10.8. The van der Waals surface area contributed by atoms with Gasteiger partial charge >= 0.3 is 0 Å². The molecule has 0 radical (unpaired) electrons. The number of thiophene rings is 1. The second-order valence-electron chi connectivity index (χ2n) is 6.32. The van der Waals surface area contributed by atoms with Gasteiger partial charge in [0.1, 0.15) is 17.0 Å². The molecule has 2 aromatic heterocycles. The summed E-state index contributed by atoms with van der Waals surface area (Å²) in [5, 5.41) is 4.61. The number of aryl methyl sites for hydroxylation is 2. The fourth-order valence-corrected chi connectivity index (χ4v) is 5.69. The molecule has 0 spiro atoms. The Morgan fingerprint density at radius 3 is 2.67 bits per heavy atom. The lowest BCUT2D eigenvalue weighted by atomic mass is 10.1. The molecule has 1 N–H and O–H groups in total. The van der Waals surface area contributed by atoms with Gasteiger partial charge in [-0.2, -0.15) is 0 Å². The lowest BCUT2D eigenvalue weighted by Crippen LogP contribution is -2.43. The number of anilines is 1. The van der Waals surface area contributed by atoms with Gasteiger partial charge in [-0.25, -0.2) is 22.7 Å².